The fraction of sp³-hybridized carbons (Fsp3) is 0.455. The summed E-state index contributed by atoms with van der Waals surface area (Å²) in [6.07, 6.45) is 2.03. The van der Waals surface area contributed by atoms with Crippen LogP contribution in [0.5, 0.6) is 5.75 Å². The van der Waals surface area contributed by atoms with Crippen molar-refractivity contribution in [3.05, 3.63) is 28.3 Å². The first-order valence-corrected chi connectivity index (χ1v) is 6.46. The maximum atomic E-state index is 6.07. The van der Waals surface area contributed by atoms with E-state index in [2.05, 4.69) is 0 Å². The van der Waals surface area contributed by atoms with Crippen LogP contribution in [0.15, 0.2) is 12.1 Å². The van der Waals surface area contributed by atoms with Gasteiger partial charge in [0.2, 0.25) is 0 Å². The van der Waals surface area contributed by atoms with Gasteiger partial charge in [-0.1, -0.05) is 11.6 Å². The Balaban J connectivity index is 3.09. The summed E-state index contributed by atoms with van der Waals surface area (Å²) in [5.74, 6) is 1.67. The highest BCUT2D eigenvalue weighted by molar-refractivity contribution is 7.98. The van der Waals surface area contributed by atoms with Crippen LogP contribution in [0.2, 0.25) is 5.02 Å². The average molecular weight is 246 g/mol. The largest absolute Gasteiger partial charge is 0.496 e. The molecule has 1 aromatic rings. The van der Waals surface area contributed by atoms with Crippen LogP contribution >= 0.6 is 23.4 Å². The highest BCUT2D eigenvalue weighted by atomic mass is 35.5. The van der Waals surface area contributed by atoms with Crippen LogP contribution in [0.4, 0.5) is 0 Å². The second-order valence-corrected chi connectivity index (χ2v) is 4.72. The molecule has 4 heteroatoms. The molecule has 1 atom stereocenters. The summed E-state index contributed by atoms with van der Waals surface area (Å²) in [4.78, 5) is 0. The van der Waals surface area contributed by atoms with Gasteiger partial charge < -0.3 is 10.5 Å². The molecule has 2 nitrogen and oxygen atoms in total. The Kier molecular flexibility index (Phi) is 4.77. The van der Waals surface area contributed by atoms with E-state index in [4.69, 9.17) is 22.1 Å². The lowest BCUT2D eigenvalue weighted by Crippen LogP contribution is -2.14. The molecule has 0 fully saturated rings. The van der Waals surface area contributed by atoms with Gasteiger partial charge in [0.1, 0.15) is 5.75 Å². The second-order valence-electron chi connectivity index (χ2n) is 3.41. The number of halogens is 1. The molecule has 84 valence electrons. The van der Waals surface area contributed by atoms with Crippen molar-refractivity contribution in [2.24, 2.45) is 5.73 Å². The molecule has 0 spiro atoms. The van der Waals surface area contributed by atoms with E-state index in [0.717, 1.165) is 27.7 Å². The van der Waals surface area contributed by atoms with Gasteiger partial charge in [-0.3, -0.25) is 0 Å². The molecule has 0 radical (unpaired) electrons. The first-order chi connectivity index (χ1) is 7.10. The summed E-state index contributed by atoms with van der Waals surface area (Å²) in [6.45, 7) is 1.95. The quantitative estimate of drug-likeness (QED) is 0.886. The van der Waals surface area contributed by atoms with Crippen LogP contribution in [-0.2, 0) is 0 Å². The second kappa shape index (κ2) is 5.64. The molecular formula is C11H16ClNOS. The zero-order valence-electron chi connectivity index (χ0n) is 9.21. The van der Waals surface area contributed by atoms with Gasteiger partial charge in [0.15, 0.2) is 0 Å². The van der Waals surface area contributed by atoms with E-state index in [-0.39, 0.29) is 6.04 Å². The number of hydrogen-bond acceptors (Lipinski definition) is 3. The molecule has 0 heterocycles. The number of thioether (sulfide) groups is 1. The Morgan fingerprint density at radius 1 is 1.53 bits per heavy atom. The van der Waals surface area contributed by atoms with Gasteiger partial charge >= 0.3 is 0 Å². The molecule has 0 aliphatic heterocycles. The Morgan fingerprint density at radius 3 is 2.73 bits per heavy atom. The lowest BCUT2D eigenvalue weighted by atomic mass is 10.1. The third-order valence-electron chi connectivity index (χ3n) is 2.26. The number of nitrogens with two attached hydrogens (primary N) is 1. The van der Waals surface area contributed by atoms with Crippen molar-refractivity contribution >= 4 is 23.4 Å². The topological polar surface area (TPSA) is 35.2 Å². The minimum Gasteiger partial charge on any atom is -0.496 e. The Labute approximate surface area is 100 Å². The van der Waals surface area contributed by atoms with Gasteiger partial charge in [-0.2, -0.15) is 11.8 Å². The molecule has 0 aliphatic rings. The van der Waals surface area contributed by atoms with E-state index < -0.39 is 0 Å². The fourth-order valence-corrected chi connectivity index (χ4v) is 2.12. The first kappa shape index (κ1) is 12.7. The van der Waals surface area contributed by atoms with Gasteiger partial charge in [-0.15, -0.1) is 0 Å². The molecule has 0 saturated carbocycles. The molecule has 1 unspecified atom stereocenters. The average Bonchev–Trinajstić information content (AvgIpc) is 2.21. The minimum atomic E-state index is -0.0342. The molecule has 15 heavy (non-hydrogen) atoms. The van der Waals surface area contributed by atoms with Crippen molar-refractivity contribution in [1.29, 1.82) is 0 Å². The summed E-state index contributed by atoms with van der Waals surface area (Å²) in [6, 6.07) is 3.79. The monoisotopic (exact) mass is 245 g/mol. The van der Waals surface area contributed by atoms with Crippen molar-refractivity contribution < 1.29 is 4.74 Å². The zero-order valence-corrected chi connectivity index (χ0v) is 10.8. The van der Waals surface area contributed by atoms with Crippen LogP contribution in [0.1, 0.15) is 17.2 Å². The number of benzene rings is 1. The summed E-state index contributed by atoms with van der Waals surface area (Å²) in [7, 11) is 1.65. The SMILES string of the molecule is COc1cc(C)c(Cl)cc1C(N)CSC. The summed E-state index contributed by atoms with van der Waals surface area (Å²) in [5.41, 5.74) is 8.02. The Morgan fingerprint density at radius 2 is 2.20 bits per heavy atom. The fourth-order valence-electron chi connectivity index (χ4n) is 1.41. The van der Waals surface area contributed by atoms with Crippen LogP contribution in [0.3, 0.4) is 0 Å². The van der Waals surface area contributed by atoms with Crippen LogP contribution in [0.25, 0.3) is 0 Å². The van der Waals surface area contributed by atoms with E-state index in [9.17, 15) is 0 Å². The molecule has 0 bridgehead atoms. The maximum absolute atomic E-state index is 6.07. The lowest BCUT2D eigenvalue weighted by Gasteiger charge is -2.16. The van der Waals surface area contributed by atoms with Gasteiger partial charge in [-0.25, -0.2) is 0 Å². The summed E-state index contributed by atoms with van der Waals surface area (Å²) < 4.78 is 5.30. The molecule has 1 rings (SSSR count). The smallest absolute Gasteiger partial charge is 0.124 e. The molecular weight excluding hydrogens is 230 g/mol. The highest BCUT2D eigenvalue weighted by Gasteiger charge is 2.13. The molecule has 1 aromatic carbocycles. The van der Waals surface area contributed by atoms with Crippen molar-refractivity contribution in [2.75, 3.05) is 19.1 Å². The van der Waals surface area contributed by atoms with Crippen molar-refractivity contribution in [2.45, 2.75) is 13.0 Å². The predicted octanol–water partition coefficient (Wildman–Crippen LogP) is 3.02. The van der Waals surface area contributed by atoms with Crippen LogP contribution in [0, 0.1) is 6.92 Å². The van der Waals surface area contributed by atoms with Gasteiger partial charge in [-0.05, 0) is 30.9 Å². The van der Waals surface area contributed by atoms with Crippen molar-refractivity contribution in [3.8, 4) is 5.75 Å². The van der Waals surface area contributed by atoms with Crippen molar-refractivity contribution in [3.63, 3.8) is 0 Å². The zero-order chi connectivity index (χ0) is 11.4. The molecule has 2 N–H and O–H groups in total. The van der Waals surface area contributed by atoms with Gasteiger partial charge in [0.05, 0.1) is 7.11 Å². The van der Waals surface area contributed by atoms with Gasteiger partial charge in [0, 0.05) is 22.4 Å². The Hall–Kier alpha value is -0.380. The molecule has 0 aromatic heterocycles. The van der Waals surface area contributed by atoms with E-state index >= 15 is 0 Å². The number of rotatable bonds is 4. The maximum Gasteiger partial charge on any atom is 0.124 e. The first-order valence-electron chi connectivity index (χ1n) is 4.68. The van der Waals surface area contributed by atoms with E-state index in [1.54, 1.807) is 18.9 Å². The summed E-state index contributed by atoms with van der Waals surface area (Å²) >= 11 is 7.78. The number of aryl methyl sites for hydroxylation is 1. The highest BCUT2D eigenvalue weighted by Crippen LogP contribution is 2.31. The van der Waals surface area contributed by atoms with Crippen LogP contribution in [-0.4, -0.2) is 19.1 Å². The standard InChI is InChI=1S/C11H16ClNOS/c1-7-4-11(14-2)8(5-9(7)12)10(13)6-15-3/h4-5,10H,6,13H2,1-3H3. The van der Waals surface area contributed by atoms with E-state index in [1.807, 2.05) is 25.3 Å². The number of hydrogen-bond donors (Lipinski definition) is 1. The van der Waals surface area contributed by atoms with Crippen LogP contribution < -0.4 is 10.5 Å². The van der Waals surface area contributed by atoms with Gasteiger partial charge in [0.25, 0.3) is 0 Å². The Bertz CT molecular complexity index is 344. The third kappa shape index (κ3) is 3.03. The molecule has 0 amide bonds. The minimum absolute atomic E-state index is 0.0342. The van der Waals surface area contributed by atoms with E-state index in [1.165, 1.54) is 0 Å². The lowest BCUT2D eigenvalue weighted by molar-refractivity contribution is 0.407. The predicted molar refractivity (Wildman–Crippen MR) is 68.1 cm³/mol. The molecule has 0 aliphatic carbocycles. The van der Waals surface area contributed by atoms with E-state index in [0.29, 0.717) is 0 Å². The molecule has 0 saturated heterocycles. The normalized spacial score (nSPS) is 12.6. The number of ether oxygens (including phenoxy) is 1. The van der Waals surface area contributed by atoms with Crippen molar-refractivity contribution in [1.82, 2.24) is 0 Å². The third-order valence-corrected chi connectivity index (χ3v) is 3.36. The summed E-state index contributed by atoms with van der Waals surface area (Å²) in [5, 5.41) is 0.738. The number of methoxy groups -OCH3 is 1.